The van der Waals surface area contributed by atoms with Crippen molar-refractivity contribution in [2.24, 2.45) is 5.73 Å². The maximum atomic E-state index is 12.3. The molecule has 0 radical (unpaired) electrons. The van der Waals surface area contributed by atoms with Gasteiger partial charge < -0.3 is 11.1 Å². The van der Waals surface area contributed by atoms with Crippen molar-refractivity contribution in [2.75, 3.05) is 13.6 Å². The number of likely N-dealkylation sites (N-methyl/N-ethyl adjacent to an activating group) is 1. The molecular weight excluding hydrogens is 183 g/mol. The zero-order valence-corrected chi connectivity index (χ0v) is 6.25. The van der Waals surface area contributed by atoms with E-state index in [1.54, 1.807) is 5.32 Å². The van der Waals surface area contributed by atoms with Crippen LogP contribution in [-0.4, -0.2) is 31.7 Å². The molecule has 0 saturated carbocycles. The van der Waals surface area contributed by atoms with Crippen molar-refractivity contribution >= 4 is 0 Å². The Morgan fingerprint density at radius 3 is 1.75 bits per heavy atom. The fourth-order valence-electron chi connectivity index (χ4n) is 0.645. The summed E-state index contributed by atoms with van der Waals surface area (Å²) in [6, 6.07) is -2.07. The van der Waals surface area contributed by atoms with Crippen molar-refractivity contribution in [3.05, 3.63) is 0 Å². The molecular formula is C5H9F5N2. The fraction of sp³-hybridized carbons (Fsp3) is 1.00. The average Bonchev–Trinajstić information content (AvgIpc) is 1.87. The summed E-state index contributed by atoms with van der Waals surface area (Å²) >= 11 is 0. The van der Waals surface area contributed by atoms with E-state index in [4.69, 9.17) is 5.73 Å². The van der Waals surface area contributed by atoms with E-state index in [1.165, 1.54) is 0 Å². The third-order valence-electron chi connectivity index (χ3n) is 1.40. The highest BCUT2D eigenvalue weighted by atomic mass is 19.4. The van der Waals surface area contributed by atoms with Crippen LogP contribution in [-0.2, 0) is 0 Å². The lowest BCUT2D eigenvalue weighted by molar-refractivity contribution is -0.291. The van der Waals surface area contributed by atoms with Gasteiger partial charge in [-0.25, -0.2) is 0 Å². The van der Waals surface area contributed by atoms with E-state index in [1.807, 2.05) is 0 Å². The molecule has 0 amide bonds. The lowest BCUT2D eigenvalue weighted by atomic mass is 10.1. The van der Waals surface area contributed by atoms with Crippen molar-refractivity contribution in [3.63, 3.8) is 0 Å². The number of halogens is 5. The van der Waals surface area contributed by atoms with Gasteiger partial charge in [0, 0.05) is 6.54 Å². The van der Waals surface area contributed by atoms with E-state index in [9.17, 15) is 22.0 Å². The van der Waals surface area contributed by atoms with Crippen LogP contribution in [0.3, 0.4) is 0 Å². The van der Waals surface area contributed by atoms with Crippen LogP contribution in [0.5, 0.6) is 0 Å². The Morgan fingerprint density at radius 2 is 1.67 bits per heavy atom. The molecule has 2 nitrogen and oxygen atoms in total. The molecule has 0 aliphatic rings. The average molecular weight is 192 g/mol. The molecule has 0 bridgehead atoms. The largest absolute Gasteiger partial charge is 0.455 e. The first-order valence-corrected chi connectivity index (χ1v) is 3.09. The van der Waals surface area contributed by atoms with Crippen LogP contribution in [0.2, 0.25) is 0 Å². The number of alkyl halides is 5. The number of nitrogens with two attached hydrogens (primary N) is 1. The minimum absolute atomic E-state index is 0.775. The predicted octanol–water partition coefficient (Wildman–Crippen LogP) is 0.731. The van der Waals surface area contributed by atoms with Gasteiger partial charge >= 0.3 is 12.1 Å². The summed E-state index contributed by atoms with van der Waals surface area (Å²) in [5, 5.41) is 1.80. The van der Waals surface area contributed by atoms with Crippen LogP contribution in [0.4, 0.5) is 22.0 Å². The standard InChI is InChI=1S/C5H9F5N2/c1-12-3(2-11)4(6,7)5(8,9)10/h3,12H,2,11H2,1H3. The minimum Gasteiger partial charge on any atom is -0.329 e. The zero-order chi connectivity index (χ0) is 9.99. The molecule has 0 aromatic rings. The van der Waals surface area contributed by atoms with E-state index in [0.717, 1.165) is 7.05 Å². The second kappa shape index (κ2) is 3.53. The Balaban J connectivity index is 4.57. The molecule has 0 rings (SSSR count). The molecule has 74 valence electrons. The van der Waals surface area contributed by atoms with Gasteiger partial charge in [-0.05, 0) is 7.05 Å². The molecule has 0 aliphatic carbocycles. The maximum absolute atomic E-state index is 12.3. The van der Waals surface area contributed by atoms with Gasteiger partial charge in [-0.15, -0.1) is 0 Å². The number of rotatable bonds is 3. The molecule has 0 aliphatic heterocycles. The summed E-state index contributed by atoms with van der Waals surface area (Å²) in [6.07, 6.45) is -5.56. The van der Waals surface area contributed by atoms with Gasteiger partial charge in [-0.1, -0.05) is 0 Å². The van der Waals surface area contributed by atoms with Crippen LogP contribution in [0.1, 0.15) is 0 Å². The Morgan fingerprint density at radius 1 is 1.25 bits per heavy atom. The third-order valence-corrected chi connectivity index (χ3v) is 1.40. The Bertz CT molecular complexity index is 139. The summed E-state index contributed by atoms with van der Waals surface area (Å²) in [5.41, 5.74) is 4.72. The van der Waals surface area contributed by atoms with Crippen LogP contribution in [0.25, 0.3) is 0 Å². The lowest BCUT2D eigenvalue weighted by Gasteiger charge is -2.26. The van der Waals surface area contributed by atoms with Crippen LogP contribution >= 0.6 is 0 Å². The van der Waals surface area contributed by atoms with E-state index in [-0.39, 0.29) is 0 Å². The number of nitrogens with one attached hydrogen (secondary N) is 1. The van der Waals surface area contributed by atoms with E-state index < -0.39 is 24.7 Å². The molecule has 1 unspecified atom stereocenters. The van der Waals surface area contributed by atoms with Gasteiger partial charge in [0.15, 0.2) is 0 Å². The number of hydrogen-bond acceptors (Lipinski definition) is 2. The van der Waals surface area contributed by atoms with Gasteiger partial charge in [0.05, 0.1) is 6.04 Å². The molecule has 0 aromatic carbocycles. The molecule has 1 atom stereocenters. The summed E-state index contributed by atoms with van der Waals surface area (Å²) in [7, 11) is 0.997. The molecule has 0 spiro atoms. The van der Waals surface area contributed by atoms with Gasteiger partial charge in [-0.2, -0.15) is 22.0 Å². The topological polar surface area (TPSA) is 38.0 Å². The molecule has 3 N–H and O–H groups in total. The summed E-state index contributed by atoms with van der Waals surface area (Å²) in [4.78, 5) is 0. The Kier molecular flexibility index (Phi) is 3.40. The lowest BCUT2D eigenvalue weighted by Crippen LogP contribution is -2.56. The molecule has 0 saturated heterocycles. The molecule has 0 heterocycles. The van der Waals surface area contributed by atoms with Gasteiger partial charge in [0.2, 0.25) is 0 Å². The first-order chi connectivity index (χ1) is 5.27. The fourth-order valence-corrected chi connectivity index (χ4v) is 0.645. The molecule has 12 heavy (non-hydrogen) atoms. The summed E-state index contributed by atoms with van der Waals surface area (Å²) in [5.74, 6) is -4.78. The third kappa shape index (κ3) is 2.04. The zero-order valence-electron chi connectivity index (χ0n) is 6.25. The van der Waals surface area contributed by atoms with Gasteiger partial charge in [-0.3, -0.25) is 0 Å². The highest BCUT2D eigenvalue weighted by molar-refractivity contribution is 4.89. The van der Waals surface area contributed by atoms with E-state index in [2.05, 4.69) is 0 Å². The smallest absolute Gasteiger partial charge is 0.329 e. The van der Waals surface area contributed by atoms with Crippen molar-refractivity contribution in [1.82, 2.24) is 5.32 Å². The van der Waals surface area contributed by atoms with Crippen LogP contribution in [0.15, 0.2) is 0 Å². The van der Waals surface area contributed by atoms with Crippen LogP contribution in [0, 0.1) is 0 Å². The monoisotopic (exact) mass is 192 g/mol. The minimum atomic E-state index is -5.56. The van der Waals surface area contributed by atoms with Gasteiger partial charge in [0.25, 0.3) is 0 Å². The van der Waals surface area contributed by atoms with Gasteiger partial charge in [0.1, 0.15) is 0 Å². The van der Waals surface area contributed by atoms with Crippen molar-refractivity contribution in [3.8, 4) is 0 Å². The summed E-state index contributed by atoms with van der Waals surface area (Å²) in [6.45, 7) is -0.775. The number of hydrogen-bond donors (Lipinski definition) is 2. The molecule has 7 heteroatoms. The Hall–Kier alpha value is -0.430. The highest BCUT2D eigenvalue weighted by Gasteiger charge is 2.61. The summed E-state index contributed by atoms with van der Waals surface area (Å²) < 4.78 is 59.5. The predicted molar refractivity (Wildman–Crippen MR) is 32.9 cm³/mol. The van der Waals surface area contributed by atoms with Crippen molar-refractivity contribution in [1.29, 1.82) is 0 Å². The quantitative estimate of drug-likeness (QED) is 0.647. The van der Waals surface area contributed by atoms with Crippen molar-refractivity contribution in [2.45, 2.75) is 18.1 Å². The van der Waals surface area contributed by atoms with Crippen molar-refractivity contribution < 1.29 is 22.0 Å². The first-order valence-electron chi connectivity index (χ1n) is 3.09. The molecule has 0 aromatic heterocycles. The second-order valence-corrected chi connectivity index (χ2v) is 2.20. The normalized spacial score (nSPS) is 16.2. The Labute approximate surface area is 65.9 Å². The van der Waals surface area contributed by atoms with Crippen LogP contribution < -0.4 is 11.1 Å². The second-order valence-electron chi connectivity index (χ2n) is 2.20. The highest BCUT2D eigenvalue weighted by Crippen LogP contribution is 2.37. The van der Waals surface area contributed by atoms with E-state index in [0.29, 0.717) is 0 Å². The maximum Gasteiger partial charge on any atom is 0.455 e. The first kappa shape index (κ1) is 11.6. The SMILES string of the molecule is CNC(CN)C(F)(F)C(F)(F)F. The molecule has 0 fully saturated rings. The van der Waals surface area contributed by atoms with E-state index >= 15 is 0 Å².